The Labute approximate surface area is 279 Å². The van der Waals surface area contributed by atoms with Crippen LogP contribution in [-0.2, 0) is 24.3 Å². The molecule has 2 aliphatic heterocycles. The molecule has 0 spiro atoms. The Bertz CT molecular complexity index is 2030. The maximum Gasteiger partial charge on any atom is 0.387 e. The maximum atomic E-state index is 13.4. The molecule has 3 aromatic carbocycles. The number of likely N-dealkylation sites (tertiary alicyclic amines) is 1. The molecule has 0 saturated carbocycles. The molecule has 256 valence electrons. The Balaban J connectivity index is 1.21. The van der Waals surface area contributed by atoms with Gasteiger partial charge in [-0.2, -0.15) is 8.78 Å². The van der Waals surface area contributed by atoms with Crippen molar-refractivity contribution in [1.82, 2.24) is 19.8 Å². The van der Waals surface area contributed by atoms with Gasteiger partial charge in [0, 0.05) is 48.8 Å². The van der Waals surface area contributed by atoms with Gasteiger partial charge in [0.05, 0.1) is 12.2 Å². The lowest BCUT2D eigenvalue weighted by Crippen LogP contribution is -2.35. The zero-order chi connectivity index (χ0) is 34.4. The molecule has 1 unspecified atom stereocenters. The number of hydrogen-bond acceptors (Lipinski definition) is 8. The fourth-order valence-corrected chi connectivity index (χ4v) is 6.99. The number of aliphatic carboxylic acids is 1. The molecule has 4 heterocycles. The molecule has 0 radical (unpaired) electrons. The van der Waals surface area contributed by atoms with Crippen molar-refractivity contribution < 1.29 is 41.0 Å². The van der Waals surface area contributed by atoms with Gasteiger partial charge in [0.15, 0.2) is 5.58 Å². The molecule has 2 aliphatic rings. The number of aromatic nitrogens is 2. The molecule has 1 N–H and O–H groups in total. The molecule has 49 heavy (non-hydrogen) atoms. The number of hydrogen-bond donors (Lipinski definition) is 1. The van der Waals surface area contributed by atoms with Gasteiger partial charge < -0.3 is 18.7 Å². The van der Waals surface area contributed by atoms with Crippen LogP contribution in [0.3, 0.4) is 0 Å². The first-order valence-electron chi connectivity index (χ1n) is 16.1. The highest BCUT2D eigenvalue weighted by Gasteiger charge is 2.32. The first kappa shape index (κ1) is 32.8. The number of nitrogens with zero attached hydrogens (tertiary/aromatic N) is 4. The van der Waals surface area contributed by atoms with Crippen LogP contribution in [0.1, 0.15) is 41.0 Å². The molecular formula is C36H34F4N4O5. The summed E-state index contributed by atoms with van der Waals surface area (Å²) in [6.07, 6.45) is -0.725. The predicted octanol–water partition coefficient (Wildman–Crippen LogP) is 7.71. The smallest absolute Gasteiger partial charge is 0.387 e. The van der Waals surface area contributed by atoms with Gasteiger partial charge in [-0.3, -0.25) is 14.6 Å². The standard InChI is InChI=1S/C36H34F4N4O5/c1-19-22(23-7-4-9-25(20(23)2)34-42-27-17-43(18-32(37)38)13-11-29(27)47-34)6-3-8-24(19)33-41-26-14-21(16-44-12-5-10-28(44)35(45)46)30(49-36(39)40)15-31(26)48-33/h3-4,6-9,14-15,28,32,36H,5,10-13,16-18H2,1-2H3,(H,45,46). The van der Waals surface area contributed by atoms with Crippen LogP contribution in [0.15, 0.2) is 57.4 Å². The van der Waals surface area contributed by atoms with E-state index >= 15 is 0 Å². The second kappa shape index (κ2) is 13.3. The van der Waals surface area contributed by atoms with Crippen molar-refractivity contribution in [3.8, 4) is 39.8 Å². The summed E-state index contributed by atoms with van der Waals surface area (Å²) in [7, 11) is 0. The summed E-state index contributed by atoms with van der Waals surface area (Å²) in [4.78, 5) is 24.6. The van der Waals surface area contributed by atoms with Crippen LogP contribution >= 0.6 is 0 Å². The molecule has 13 heteroatoms. The molecule has 0 aliphatic carbocycles. The summed E-state index contributed by atoms with van der Waals surface area (Å²) in [6, 6.07) is 13.9. The monoisotopic (exact) mass is 678 g/mol. The van der Waals surface area contributed by atoms with Gasteiger partial charge in [0.2, 0.25) is 11.8 Å². The van der Waals surface area contributed by atoms with Crippen LogP contribution in [-0.4, -0.2) is 69.6 Å². The van der Waals surface area contributed by atoms with Gasteiger partial charge in [0.25, 0.3) is 6.43 Å². The second-order valence-electron chi connectivity index (χ2n) is 12.5. The quantitative estimate of drug-likeness (QED) is 0.149. The largest absolute Gasteiger partial charge is 0.480 e. The Morgan fingerprint density at radius 1 is 0.959 bits per heavy atom. The highest BCUT2D eigenvalue weighted by molar-refractivity contribution is 5.84. The number of halogens is 4. The Morgan fingerprint density at radius 2 is 1.63 bits per heavy atom. The zero-order valence-electron chi connectivity index (χ0n) is 26.9. The van der Waals surface area contributed by atoms with Crippen molar-refractivity contribution in [1.29, 1.82) is 0 Å². The molecule has 5 aromatic rings. The normalized spacial score (nSPS) is 17.0. The van der Waals surface area contributed by atoms with Crippen molar-refractivity contribution in [3.63, 3.8) is 0 Å². The van der Waals surface area contributed by atoms with E-state index in [1.54, 1.807) is 15.9 Å². The summed E-state index contributed by atoms with van der Waals surface area (Å²) in [6.45, 7) is 1.98. The molecule has 1 fully saturated rings. The lowest BCUT2D eigenvalue weighted by Gasteiger charge is -2.24. The third-order valence-electron chi connectivity index (χ3n) is 9.43. The number of alkyl halides is 4. The predicted molar refractivity (Wildman–Crippen MR) is 173 cm³/mol. The topological polar surface area (TPSA) is 105 Å². The number of rotatable bonds is 10. The van der Waals surface area contributed by atoms with E-state index in [0.717, 1.165) is 27.8 Å². The van der Waals surface area contributed by atoms with E-state index < -0.39 is 25.0 Å². The SMILES string of the molecule is Cc1c(-c2nc3c(o2)CCN(CC(F)F)C3)cccc1-c1cccc(-c2nc3cc(CN4CCCC4C(=O)O)c(OC(F)F)cc3o2)c1C. The first-order valence-corrected chi connectivity index (χ1v) is 16.1. The van der Waals surface area contributed by atoms with E-state index in [2.05, 4.69) is 0 Å². The minimum absolute atomic E-state index is 0.0888. The van der Waals surface area contributed by atoms with Crippen LogP contribution in [0.4, 0.5) is 17.6 Å². The highest BCUT2D eigenvalue weighted by Crippen LogP contribution is 2.39. The van der Waals surface area contributed by atoms with Gasteiger partial charge in [-0.25, -0.2) is 18.7 Å². The van der Waals surface area contributed by atoms with Crippen LogP contribution in [0, 0.1) is 13.8 Å². The summed E-state index contributed by atoms with van der Waals surface area (Å²) >= 11 is 0. The zero-order valence-corrected chi connectivity index (χ0v) is 26.9. The van der Waals surface area contributed by atoms with Gasteiger partial charge in [-0.05, 0) is 73.7 Å². The second-order valence-corrected chi connectivity index (χ2v) is 12.5. The van der Waals surface area contributed by atoms with Gasteiger partial charge in [0.1, 0.15) is 23.1 Å². The first-order chi connectivity index (χ1) is 23.5. The molecular weight excluding hydrogens is 644 g/mol. The number of benzene rings is 3. The molecule has 2 aromatic heterocycles. The minimum Gasteiger partial charge on any atom is -0.480 e. The van der Waals surface area contributed by atoms with E-state index in [0.29, 0.717) is 78.8 Å². The minimum atomic E-state index is -3.08. The third kappa shape index (κ3) is 6.52. The van der Waals surface area contributed by atoms with Gasteiger partial charge in [-0.1, -0.05) is 24.3 Å². The van der Waals surface area contributed by atoms with Crippen molar-refractivity contribution in [2.45, 2.75) is 65.3 Å². The maximum absolute atomic E-state index is 13.4. The highest BCUT2D eigenvalue weighted by atomic mass is 19.3. The molecule has 0 bridgehead atoms. The average molecular weight is 679 g/mol. The lowest BCUT2D eigenvalue weighted by molar-refractivity contribution is -0.142. The van der Waals surface area contributed by atoms with E-state index in [4.69, 9.17) is 23.5 Å². The summed E-state index contributed by atoms with van der Waals surface area (Å²) in [5.74, 6) is 0.410. The third-order valence-corrected chi connectivity index (χ3v) is 9.43. The Hall–Kier alpha value is -4.75. The molecule has 9 nitrogen and oxygen atoms in total. The Morgan fingerprint density at radius 3 is 2.29 bits per heavy atom. The van der Waals surface area contributed by atoms with E-state index in [1.807, 2.05) is 50.2 Å². The van der Waals surface area contributed by atoms with E-state index in [1.165, 1.54) is 6.07 Å². The van der Waals surface area contributed by atoms with Crippen LogP contribution in [0.25, 0.3) is 45.1 Å². The van der Waals surface area contributed by atoms with Crippen molar-refractivity contribution in [2.75, 3.05) is 19.6 Å². The number of oxazole rings is 2. The summed E-state index contributed by atoms with van der Waals surface area (Å²) < 4.78 is 69.9. The van der Waals surface area contributed by atoms with Crippen molar-refractivity contribution >= 4 is 17.1 Å². The summed E-state index contributed by atoms with van der Waals surface area (Å²) in [5, 5.41) is 9.62. The molecule has 1 saturated heterocycles. The lowest BCUT2D eigenvalue weighted by atomic mass is 9.91. The Kier molecular flexibility index (Phi) is 8.88. The molecule has 0 amide bonds. The van der Waals surface area contributed by atoms with E-state index in [9.17, 15) is 27.5 Å². The van der Waals surface area contributed by atoms with Gasteiger partial charge >= 0.3 is 12.6 Å². The molecule has 1 atom stereocenters. The fraction of sp³-hybridized carbons (Fsp3) is 0.361. The molecule has 7 rings (SSSR count). The number of carbonyl (C=O) groups is 1. The average Bonchev–Trinajstić information content (AvgIpc) is 3.79. The van der Waals surface area contributed by atoms with Crippen LogP contribution < -0.4 is 4.74 Å². The van der Waals surface area contributed by atoms with Gasteiger partial charge in [-0.15, -0.1) is 0 Å². The fourth-order valence-electron chi connectivity index (χ4n) is 6.99. The van der Waals surface area contributed by atoms with Crippen LogP contribution in [0.2, 0.25) is 0 Å². The van der Waals surface area contributed by atoms with Crippen LogP contribution in [0.5, 0.6) is 5.75 Å². The number of carboxylic acid groups (broad SMARTS) is 1. The van der Waals surface area contributed by atoms with E-state index in [-0.39, 0.29) is 24.4 Å². The number of ether oxygens (including phenoxy) is 1. The number of carboxylic acids is 1. The van der Waals surface area contributed by atoms with Crippen molar-refractivity contribution in [2.24, 2.45) is 0 Å². The van der Waals surface area contributed by atoms with Crippen molar-refractivity contribution in [3.05, 3.63) is 76.7 Å². The number of fused-ring (bicyclic) bond motifs is 2. The summed E-state index contributed by atoms with van der Waals surface area (Å²) in [5.41, 5.74) is 6.88.